The van der Waals surface area contributed by atoms with Gasteiger partial charge >= 0.3 is 0 Å². The molecular weight excluding hydrogens is 486 g/mol. The van der Waals surface area contributed by atoms with E-state index < -0.39 is 11.5 Å². The van der Waals surface area contributed by atoms with E-state index in [4.69, 9.17) is 21.1 Å². The Morgan fingerprint density at radius 1 is 1.14 bits per heavy atom. The molecule has 1 aromatic carbocycles. The minimum atomic E-state index is -1.32. The zero-order valence-corrected chi connectivity index (χ0v) is 21.8. The number of hydrogen-bond acceptors (Lipinski definition) is 6. The van der Waals surface area contributed by atoms with Crippen LogP contribution in [0.5, 0.6) is 0 Å². The molecule has 1 aliphatic heterocycles. The van der Waals surface area contributed by atoms with Crippen molar-refractivity contribution in [1.29, 1.82) is 0 Å². The average Bonchev–Trinajstić information content (AvgIpc) is 2.87. The third-order valence-corrected chi connectivity index (χ3v) is 7.43. The molecule has 3 N–H and O–H groups in total. The Kier molecular flexibility index (Phi) is 9.39. The Hall–Kier alpha value is -2.00. The zero-order valence-electron chi connectivity index (χ0n) is 21.1. The van der Waals surface area contributed by atoms with E-state index in [1.165, 1.54) is 6.07 Å². The second kappa shape index (κ2) is 12.5. The molecule has 1 saturated heterocycles. The highest BCUT2D eigenvalue weighted by atomic mass is 35.5. The van der Waals surface area contributed by atoms with Gasteiger partial charge in [-0.1, -0.05) is 11.6 Å². The van der Waals surface area contributed by atoms with E-state index in [1.54, 1.807) is 31.5 Å². The van der Waals surface area contributed by atoms with E-state index in [9.17, 15) is 8.78 Å². The fraction of sp³-hybridized carbons (Fsp3) is 0.593. The van der Waals surface area contributed by atoms with Crippen LogP contribution in [-0.4, -0.2) is 62.3 Å². The van der Waals surface area contributed by atoms with Crippen LogP contribution in [0.25, 0.3) is 11.1 Å². The number of nitrogens with zero attached hydrogens (tertiary/aromatic N) is 1. The summed E-state index contributed by atoms with van der Waals surface area (Å²) in [5.41, 5.74) is 0.232. The minimum absolute atomic E-state index is 0.153. The molecule has 0 spiro atoms. The highest BCUT2D eigenvalue weighted by Crippen LogP contribution is 2.34. The summed E-state index contributed by atoms with van der Waals surface area (Å²) in [5.74, 6) is 0.277. The van der Waals surface area contributed by atoms with Gasteiger partial charge in [0.1, 0.15) is 17.3 Å². The van der Waals surface area contributed by atoms with Crippen molar-refractivity contribution in [2.75, 3.05) is 44.1 Å². The van der Waals surface area contributed by atoms with Crippen molar-refractivity contribution in [3.8, 4) is 11.1 Å². The van der Waals surface area contributed by atoms with Crippen LogP contribution in [0, 0.1) is 5.82 Å². The van der Waals surface area contributed by atoms with E-state index in [-0.39, 0.29) is 6.54 Å². The van der Waals surface area contributed by atoms with Crippen LogP contribution in [0.3, 0.4) is 0 Å². The van der Waals surface area contributed by atoms with Gasteiger partial charge in [-0.05, 0) is 56.9 Å². The number of aromatic nitrogens is 1. The summed E-state index contributed by atoms with van der Waals surface area (Å²) in [6.07, 6.45) is 6.42. The summed E-state index contributed by atoms with van der Waals surface area (Å²) in [6.45, 7) is 3.82. The van der Waals surface area contributed by atoms with E-state index >= 15 is 0 Å². The molecule has 2 aliphatic rings. The Morgan fingerprint density at radius 3 is 2.58 bits per heavy atom. The van der Waals surface area contributed by atoms with Gasteiger partial charge in [0.05, 0.1) is 11.6 Å². The molecule has 4 rings (SSSR count). The van der Waals surface area contributed by atoms with Gasteiger partial charge in [-0.3, -0.25) is 0 Å². The molecule has 0 bridgehead atoms. The van der Waals surface area contributed by atoms with Crippen LogP contribution in [0.4, 0.5) is 20.3 Å². The Morgan fingerprint density at radius 2 is 1.86 bits per heavy atom. The Labute approximate surface area is 217 Å². The van der Waals surface area contributed by atoms with Crippen molar-refractivity contribution < 1.29 is 18.3 Å². The number of nitrogens with one attached hydrogen (secondary N) is 3. The monoisotopic (exact) mass is 522 g/mol. The van der Waals surface area contributed by atoms with Gasteiger partial charge in [0.15, 0.2) is 0 Å². The molecule has 2 aromatic rings. The Bertz CT molecular complexity index is 998. The third-order valence-electron chi connectivity index (χ3n) is 7.13. The number of pyridine rings is 1. The van der Waals surface area contributed by atoms with E-state index in [1.807, 2.05) is 0 Å². The van der Waals surface area contributed by atoms with E-state index in [0.717, 1.165) is 25.7 Å². The van der Waals surface area contributed by atoms with Crippen molar-refractivity contribution >= 4 is 23.1 Å². The largest absolute Gasteiger partial charge is 0.383 e. The Balaban J connectivity index is 1.40. The van der Waals surface area contributed by atoms with Crippen LogP contribution < -0.4 is 16.0 Å². The second-order valence-electron chi connectivity index (χ2n) is 10.1. The predicted molar refractivity (Wildman–Crippen MR) is 141 cm³/mol. The number of hydrogen-bond donors (Lipinski definition) is 3. The van der Waals surface area contributed by atoms with Gasteiger partial charge in [-0.15, -0.1) is 0 Å². The summed E-state index contributed by atoms with van der Waals surface area (Å²) < 4.78 is 40.3. The molecule has 36 heavy (non-hydrogen) atoms. The fourth-order valence-corrected chi connectivity index (χ4v) is 5.26. The lowest BCUT2D eigenvalue weighted by atomic mass is 9.90. The lowest BCUT2D eigenvalue weighted by Gasteiger charge is -2.32. The molecule has 1 aliphatic carbocycles. The van der Waals surface area contributed by atoms with Gasteiger partial charge in [-0.2, -0.15) is 0 Å². The van der Waals surface area contributed by atoms with Crippen LogP contribution in [0.1, 0.15) is 45.4 Å². The molecule has 1 aromatic heterocycles. The summed E-state index contributed by atoms with van der Waals surface area (Å²) in [7, 11) is 1.72. The molecule has 6 nitrogen and oxygen atoms in total. The molecule has 0 amide bonds. The highest BCUT2D eigenvalue weighted by Gasteiger charge is 2.32. The standard InChI is InChI=1S/C27H37ClF2N4O2/c1-18(16-35-2)33-19-3-5-20(6-4-19)34-26-14-22(24(28)15-31-26)23-13-21(7-8-25(23)29)32-17-27(30)9-11-36-12-10-27/h7-8,13-15,18-20,32-33H,3-6,9-12,16-17H2,1-2H3,(H,31,34)/t18-,19?,20?/m0/s1. The van der Waals surface area contributed by atoms with Gasteiger partial charge in [-0.25, -0.2) is 13.8 Å². The smallest absolute Gasteiger partial charge is 0.132 e. The maximum atomic E-state index is 15.0. The molecule has 2 heterocycles. The van der Waals surface area contributed by atoms with Gasteiger partial charge in [0.25, 0.3) is 0 Å². The first-order chi connectivity index (χ1) is 17.3. The van der Waals surface area contributed by atoms with Crippen molar-refractivity contribution in [2.24, 2.45) is 0 Å². The summed E-state index contributed by atoms with van der Waals surface area (Å²) in [4.78, 5) is 4.43. The molecule has 1 atom stereocenters. The number of halogens is 3. The molecular formula is C27H37ClF2N4O2. The van der Waals surface area contributed by atoms with Crippen molar-refractivity contribution in [3.63, 3.8) is 0 Å². The topological polar surface area (TPSA) is 67.4 Å². The lowest BCUT2D eigenvalue weighted by Crippen LogP contribution is -2.42. The minimum Gasteiger partial charge on any atom is -0.383 e. The summed E-state index contributed by atoms with van der Waals surface area (Å²) >= 11 is 6.44. The lowest BCUT2D eigenvalue weighted by molar-refractivity contribution is -0.00115. The first-order valence-corrected chi connectivity index (χ1v) is 13.2. The molecule has 198 valence electrons. The first kappa shape index (κ1) is 27.0. The third kappa shape index (κ3) is 7.28. The SMILES string of the molecule is COC[C@H](C)NC1CCC(Nc2cc(-c3cc(NCC4(F)CCOCC4)ccc3F)c(Cl)cn2)CC1. The highest BCUT2D eigenvalue weighted by molar-refractivity contribution is 6.33. The number of ether oxygens (including phenoxy) is 2. The second-order valence-corrected chi connectivity index (χ2v) is 10.5. The zero-order chi connectivity index (χ0) is 25.5. The van der Waals surface area contributed by atoms with Crippen molar-refractivity contribution in [3.05, 3.63) is 41.3 Å². The van der Waals surface area contributed by atoms with Crippen molar-refractivity contribution in [2.45, 2.75) is 69.2 Å². The normalized spacial score (nSPS) is 22.7. The first-order valence-electron chi connectivity index (χ1n) is 12.8. The molecule has 0 radical (unpaired) electrons. The molecule has 0 unspecified atom stereocenters. The maximum Gasteiger partial charge on any atom is 0.132 e. The van der Waals surface area contributed by atoms with Gasteiger partial charge in [0.2, 0.25) is 0 Å². The van der Waals surface area contributed by atoms with Gasteiger partial charge in [0, 0.05) is 80.8 Å². The number of benzene rings is 1. The van der Waals surface area contributed by atoms with Crippen molar-refractivity contribution in [1.82, 2.24) is 10.3 Å². The molecule has 9 heteroatoms. The van der Waals surface area contributed by atoms with E-state index in [0.29, 0.717) is 78.4 Å². The number of methoxy groups -OCH3 is 1. The van der Waals surface area contributed by atoms with E-state index in [2.05, 4.69) is 27.9 Å². The van der Waals surface area contributed by atoms with Crippen LogP contribution in [-0.2, 0) is 9.47 Å². The van der Waals surface area contributed by atoms with Gasteiger partial charge < -0.3 is 25.4 Å². The molecule has 2 fully saturated rings. The van der Waals surface area contributed by atoms with Crippen LogP contribution >= 0.6 is 11.6 Å². The quantitative estimate of drug-likeness (QED) is 0.365. The number of alkyl halides is 1. The molecule has 1 saturated carbocycles. The average molecular weight is 523 g/mol. The summed E-state index contributed by atoms with van der Waals surface area (Å²) in [6, 6.07) is 7.59. The number of rotatable bonds is 10. The number of anilines is 2. The fourth-order valence-electron chi connectivity index (χ4n) is 5.05. The summed E-state index contributed by atoms with van der Waals surface area (Å²) in [5, 5.41) is 10.6. The van der Waals surface area contributed by atoms with Crippen LogP contribution in [0.2, 0.25) is 5.02 Å². The van der Waals surface area contributed by atoms with Crippen LogP contribution in [0.15, 0.2) is 30.5 Å². The predicted octanol–water partition coefficient (Wildman–Crippen LogP) is 5.82. The maximum absolute atomic E-state index is 15.0.